The van der Waals surface area contributed by atoms with E-state index in [1.54, 1.807) is 0 Å². The van der Waals surface area contributed by atoms with Crippen molar-refractivity contribution in [1.82, 2.24) is 20.9 Å². The maximum atomic E-state index is 13.6. The molecule has 1 aromatic rings. The van der Waals surface area contributed by atoms with Crippen LogP contribution in [0, 0.1) is 5.92 Å². The smallest absolute Gasteiger partial charge is 0.245 e. The normalized spacial score (nSPS) is 25.8. The van der Waals surface area contributed by atoms with Gasteiger partial charge in [0.05, 0.1) is 18.7 Å². The molecule has 0 aromatic heterocycles. The molecule has 0 saturated heterocycles. The monoisotopic (exact) mass is 486 g/mol. The molecule has 1 aromatic carbocycles. The number of ether oxygens (including phenoxy) is 1. The van der Waals surface area contributed by atoms with Gasteiger partial charge in [-0.15, -0.1) is 0 Å². The Morgan fingerprint density at radius 2 is 1.83 bits per heavy atom. The zero-order chi connectivity index (χ0) is 25.2. The summed E-state index contributed by atoms with van der Waals surface area (Å²) >= 11 is 0. The van der Waals surface area contributed by atoms with E-state index in [2.05, 4.69) is 16.0 Å². The molecule has 0 spiro atoms. The molecule has 9 nitrogen and oxygen atoms in total. The Kier molecular flexibility index (Phi) is 10.1. The summed E-state index contributed by atoms with van der Waals surface area (Å²) in [7, 11) is 1.53. The molecule has 35 heavy (non-hydrogen) atoms. The molecule has 1 aliphatic heterocycles. The molecular weight excluding hydrogens is 448 g/mol. The topological polar surface area (TPSA) is 120 Å². The van der Waals surface area contributed by atoms with E-state index in [0.717, 1.165) is 43.4 Å². The minimum Gasteiger partial charge on any atom is -0.492 e. The molecule has 0 bridgehead atoms. The van der Waals surface area contributed by atoms with Crippen molar-refractivity contribution < 1.29 is 24.2 Å². The van der Waals surface area contributed by atoms with Crippen LogP contribution >= 0.6 is 0 Å². The highest BCUT2D eigenvalue weighted by molar-refractivity contribution is 5.92. The summed E-state index contributed by atoms with van der Waals surface area (Å²) in [6, 6.07) is 6.03. The fraction of sp³-hybridized carbons (Fsp3) is 0.577. The first kappa shape index (κ1) is 26.7. The molecule has 3 unspecified atom stereocenters. The van der Waals surface area contributed by atoms with Gasteiger partial charge in [0, 0.05) is 25.7 Å². The quantitative estimate of drug-likeness (QED) is 0.497. The number of benzene rings is 1. The molecule has 2 aliphatic rings. The number of para-hydroxylation sites is 1. The van der Waals surface area contributed by atoms with Gasteiger partial charge in [-0.1, -0.05) is 49.6 Å². The van der Waals surface area contributed by atoms with Gasteiger partial charge in [-0.05, 0) is 31.7 Å². The van der Waals surface area contributed by atoms with Crippen LogP contribution in [-0.2, 0) is 14.4 Å². The second kappa shape index (κ2) is 13.3. The highest BCUT2D eigenvalue weighted by Crippen LogP contribution is 2.28. The van der Waals surface area contributed by atoms with Crippen LogP contribution < -0.4 is 20.7 Å². The third kappa shape index (κ3) is 7.53. The summed E-state index contributed by atoms with van der Waals surface area (Å²) in [6.45, 7) is 2.33. The zero-order valence-electron chi connectivity index (χ0n) is 20.7. The van der Waals surface area contributed by atoms with Gasteiger partial charge in [-0.2, -0.15) is 0 Å². The Balaban J connectivity index is 1.84. The number of carbonyl (C=O) groups is 3. The SMILES string of the molecule is CC(O)C1C(=O)NCC(=O)NC/C=C/c2ccccc2OCCNC(C2CCCCC2)C(=O)N1C. The summed E-state index contributed by atoms with van der Waals surface area (Å²) < 4.78 is 6.00. The van der Waals surface area contributed by atoms with Gasteiger partial charge in [0.15, 0.2) is 0 Å². The molecule has 1 fully saturated rings. The third-order valence-electron chi connectivity index (χ3n) is 6.66. The Morgan fingerprint density at radius 1 is 1.09 bits per heavy atom. The second-order valence-electron chi connectivity index (χ2n) is 9.28. The predicted molar refractivity (Wildman–Crippen MR) is 134 cm³/mol. The Bertz CT molecular complexity index is 897. The summed E-state index contributed by atoms with van der Waals surface area (Å²) in [5.74, 6) is -0.317. The predicted octanol–water partition coefficient (Wildman–Crippen LogP) is 1.07. The molecule has 0 radical (unpaired) electrons. The summed E-state index contributed by atoms with van der Waals surface area (Å²) in [6.07, 6.45) is 7.71. The molecule has 192 valence electrons. The number of nitrogens with zero attached hydrogens (tertiary/aromatic N) is 1. The molecular formula is C26H38N4O5. The highest BCUT2D eigenvalue weighted by atomic mass is 16.5. The first-order valence-corrected chi connectivity index (χ1v) is 12.5. The largest absolute Gasteiger partial charge is 0.492 e. The number of likely N-dealkylation sites (N-methyl/N-ethyl adjacent to an activating group) is 1. The van der Waals surface area contributed by atoms with Crippen LogP contribution in [0.5, 0.6) is 5.75 Å². The van der Waals surface area contributed by atoms with Crippen molar-refractivity contribution >= 4 is 23.8 Å². The summed E-state index contributed by atoms with van der Waals surface area (Å²) in [5.41, 5.74) is 0.885. The Hall–Kier alpha value is -2.91. The molecule has 9 heteroatoms. The lowest BCUT2D eigenvalue weighted by atomic mass is 9.83. The van der Waals surface area contributed by atoms with E-state index in [-0.39, 0.29) is 30.8 Å². The van der Waals surface area contributed by atoms with Crippen LogP contribution in [0.25, 0.3) is 6.08 Å². The number of rotatable bonds is 2. The van der Waals surface area contributed by atoms with Crippen LogP contribution in [0.1, 0.15) is 44.6 Å². The Labute approximate surface area is 207 Å². The van der Waals surface area contributed by atoms with Gasteiger partial charge >= 0.3 is 0 Å². The van der Waals surface area contributed by atoms with E-state index in [1.807, 2.05) is 36.4 Å². The Morgan fingerprint density at radius 3 is 2.57 bits per heavy atom. The number of hydrogen-bond acceptors (Lipinski definition) is 6. The van der Waals surface area contributed by atoms with Crippen LogP contribution in [0.4, 0.5) is 0 Å². The minimum absolute atomic E-state index is 0.142. The first-order valence-electron chi connectivity index (χ1n) is 12.5. The maximum Gasteiger partial charge on any atom is 0.245 e. The van der Waals surface area contributed by atoms with Gasteiger partial charge in [0.1, 0.15) is 18.4 Å². The number of aliphatic hydroxyl groups is 1. The maximum absolute atomic E-state index is 13.6. The van der Waals surface area contributed by atoms with Crippen LogP contribution in [0.3, 0.4) is 0 Å². The lowest BCUT2D eigenvalue weighted by Gasteiger charge is -2.36. The minimum atomic E-state index is -1.11. The summed E-state index contributed by atoms with van der Waals surface area (Å²) in [5, 5.41) is 19.0. The van der Waals surface area contributed by atoms with Crippen molar-refractivity contribution in [2.45, 2.75) is 57.2 Å². The van der Waals surface area contributed by atoms with Gasteiger partial charge in [0.2, 0.25) is 17.7 Å². The highest BCUT2D eigenvalue weighted by Gasteiger charge is 2.37. The third-order valence-corrected chi connectivity index (χ3v) is 6.66. The van der Waals surface area contributed by atoms with Gasteiger partial charge in [0.25, 0.3) is 0 Å². The average molecular weight is 487 g/mol. The van der Waals surface area contributed by atoms with Crippen molar-refractivity contribution in [2.24, 2.45) is 5.92 Å². The van der Waals surface area contributed by atoms with E-state index < -0.39 is 24.1 Å². The number of nitrogens with one attached hydrogen (secondary N) is 3. The molecule has 1 aliphatic carbocycles. The van der Waals surface area contributed by atoms with Crippen LogP contribution in [0.2, 0.25) is 0 Å². The lowest BCUT2D eigenvalue weighted by Crippen LogP contribution is -2.59. The van der Waals surface area contributed by atoms with Crippen molar-refractivity contribution in [3.63, 3.8) is 0 Å². The molecule has 3 atom stereocenters. The average Bonchev–Trinajstić information content (AvgIpc) is 2.85. The number of carbonyl (C=O) groups excluding carboxylic acids is 3. The molecule has 3 rings (SSSR count). The van der Waals surface area contributed by atoms with Gasteiger partial charge in [-0.25, -0.2) is 0 Å². The fourth-order valence-corrected chi connectivity index (χ4v) is 4.82. The zero-order valence-corrected chi connectivity index (χ0v) is 20.7. The van der Waals surface area contributed by atoms with Crippen molar-refractivity contribution in [3.05, 3.63) is 35.9 Å². The van der Waals surface area contributed by atoms with Gasteiger partial charge in [-0.3, -0.25) is 14.4 Å². The second-order valence-corrected chi connectivity index (χ2v) is 9.28. The van der Waals surface area contributed by atoms with Crippen LogP contribution in [0.15, 0.2) is 30.3 Å². The lowest BCUT2D eigenvalue weighted by molar-refractivity contribution is -0.145. The molecule has 1 saturated carbocycles. The van der Waals surface area contributed by atoms with Crippen molar-refractivity contribution in [3.8, 4) is 5.75 Å². The van der Waals surface area contributed by atoms with E-state index in [1.165, 1.54) is 18.9 Å². The van der Waals surface area contributed by atoms with E-state index in [9.17, 15) is 19.5 Å². The first-order chi connectivity index (χ1) is 16.9. The van der Waals surface area contributed by atoms with E-state index in [0.29, 0.717) is 13.2 Å². The van der Waals surface area contributed by atoms with Crippen LogP contribution in [-0.4, -0.2) is 79.2 Å². The van der Waals surface area contributed by atoms with E-state index >= 15 is 0 Å². The molecule has 3 amide bonds. The number of aliphatic hydroxyl groups excluding tert-OH is 1. The van der Waals surface area contributed by atoms with Crippen molar-refractivity contribution in [1.29, 1.82) is 0 Å². The molecule has 1 heterocycles. The standard InChI is InChI=1S/C26H38N4O5/c1-18(31)24-25(33)29-17-22(32)27-14-8-12-19-9-6-7-13-21(19)35-16-15-28-23(26(34)30(24)2)20-10-4-3-5-11-20/h6-9,12-13,18,20,23-24,28,31H,3-5,10-11,14-17H2,1-2H3,(H,27,32)(H,29,33)/b12-8+. The van der Waals surface area contributed by atoms with Crippen molar-refractivity contribution in [2.75, 3.05) is 33.3 Å². The number of amides is 3. The van der Waals surface area contributed by atoms with Gasteiger partial charge < -0.3 is 30.7 Å². The number of hydrogen-bond donors (Lipinski definition) is 4. The number of fused-ring (bicyclic) bond motifs is 1. The van der Waals surface area contributed by atoms with E-state index in [4.69, 9.17) is 4.74 Å². The summed E-state index contributed by atoms with van der Waals surface area (Å²) in [4.78, 5) is 40.0. The molecule has 4 N–H and O–H groups in total. The fourth-order valence-electron chi connectivity index (χ4n) is 4.82.